The molecule has 0 saturated heterocycles. The zero-order valence-corrected chi connectivity index (χ0v) is 29.2. The van der Waals surface area contributed by atoms with Gasteiger partial charge in [-0.25, -0.2) is 4.79 Å². The standard InChI is InChI=1S/C42H46N2O6/c1-4-7-10-11-24-47-34-16-14-33(15-17-34)44-37-20-12-30(25-32(29-43)42(45)46)26-40(37)50-41-27-31(13-21-38(41)44)36-19-18-35(48-22-8-5-2)28-39(36)49-23-9-6-3/h12-21,25-28H,4-11,22-24H2,1-3H3,(H,45,46)/b32-25-. The highest BCUT2D eigenvalue weighted by Gasteiger charge is 2.27. The van der Waals surface area contributed by atoms with Crippen molar-refractivity contribution in [3.63, 3.8) is 0 Å². The van der Waals surface area contributed by atoms with E-state index in [0.29, 0.717) is 36.9 Å². The van der Waals surface area contributed by atoms with Gasteiger partial charge in [0.2, 0.25) is 0 Å². The number of unbranched alkanes of at least 4 members (excludes halogenated alkanes) is 5. The molecule has 8 heteroatoms. The Labute approximate surface area is 295 Å². The molecule has 1 heterocycles. The lowest BCUT2D eigenvalue weighted by atomic mass is 10.0. The molecular formula is C42H46N2O6. The van der Waals surface area contributed by atoms with Crippen LogP contribution in [0.1, 0.15) is 77.7 Å². The Morgan fingerprint density at radius 1 is 0.740 bits per heavy atom. The van der Waals surface area contributed by atoms with Crippen molar-refractivity contribution in [3.05, 3.63) is 90.0 Å². The molecule has 0 unspecified atom stereocenters. The number of fused-ring (bicyclic) bond motifs is 2. The fraction of sp³-hybridized carbons (Fsp3) is 0.333. The number of hydrogen-bond donors (Lipinski definition) is 1. The largest absolute Gasteiger partial charge is 0.494 e. The second-order valence-electron chi connectivity index (χ2n) is 12.3. The number of aliphatic carboxylic acids is 1. The summed E-state index contributed by atoms with van der Waals surface area (Å²) in [6.07, 6.45) is 9.91. The van der Waals surface area contributed by atoms with Crippen molar-refractivity contribution < 1.29 is 28.8 Å². The fourth-order valence-electron chi connectivity index (χ4n) is 5.69. The molecule has 0 aromatic heterocycles. The van der Waals surface area contributed by atoms with Crippen LogP contribution in [0, 0.1) is 11.3 Å². The number of carboxylic acid groups (broad SMARTS) is 1. The Morgan fingerprint density at radius 2 is 1.38 bits per heavy atom. The molecular weight excluding hydrogens is 628 g/mol. The molecule has 0 bridgehead atoms. The van der Waals surface area contributed by atoms with Crippen molar-refractivity contribution in [2.75, 3.05) is 24.7 Å². The molecule has 0 saturated carbocycles. The van der Waals surface area contributed by atoms with E-state index < -0.39 is 5.97 Å². The van der Waals surface area contributed by atoms with E-state index >= 15 is 0 Å². The van der Waals surface area contributed by atoms with E-state index in [0.717, 1.165) is 84.0 Å². The van der Waals surface area contributed by atoms with Crippen LogP contribution in [0.25, 0.3) is 17.2 Å². The molecule has 1 aliphatic rings. The lowest BCUT2D eigenvalue weighted by Crippen LogP contribution is -2.16. The van der Waals surface area contributed by atoms with Gasteiger partial charge in [-0.3, -0.25) is 0 Å². The molecule has 0 aliphatic carbocycles. The Balaban J connectivity index is 1.53. The predicted octanol–water partition coefficient (Wildman–Crippen LogP) is 11.2. The number of carbonyl (C=O) groups is 1. The molecule has 50 heavy (non-hydrogen) atoms. The average Bonchev–Trinajstić information content (AvgIpc) is 3.13. The van der Waals surface area contributed by atoms with Gasteiger partial charge in [-0.2, -0.15) is 5.26 Å². The second kappa shape index (κ2) is 17.8. The van der Waals surface area contributed by atoms with Crippen LogP contribution in [0.3, 0.4) is 0 Å². The molecule has 4 aromatic carbocycles. The van der Waals surface area contributed by atoms with Crippen LogP contribution in [0.5, 0.6) is 28.7 Å². The molecule has 0 fully saturated rings. The van der Waals surface area contributed by atoms with E-state index in [-0.39, 0.29) is 5.57 Å². The SMILES string of the molecule is CCCCCCOc1ccc(N2c3ccc(/C=C(/C#N)C(=O)O)cc3Oc3cc(-c4ccc(OCCCC)cc4OCCCC)ccc32)cc1. The maximum Gasteiger partial charge on any atom is 0.346 e. The summed E-state index contributed by atoms with van der Waals surface area (Å²) >= 11 is 0. The Bertz CT molecular complexity index is 1830. The van der Waals surface area contributed by atoms with E-state index in [1.807, 2.05) is 60.7 Å². The average molecular weight is 675 g/mol. The predicted molar refractivity (Wildman–Crippen MR) is 198 cm³/mol. The van der Waals surface area contributed by atoms with Crippen LogP contribution in [-0.4, -0.2) is 30.9 Å². The van der Waals surface area contributed by atoms with Crippen LogP contribution >= 0.6 is 0 Å². The van der Waals surface area contributed by atoms with E-state index in [9.17, 15) is 15.2 Å². The van der Waals surface area contributed by atoms with Gasteiger partial charge in [-0.05, 0) is 97.1 Å². The molecule has 5 rings (SSSR count). The first-order chi connectivity index (χ1) is 24.4. The van der Waals surface area contributed by atoms with Crippen LogP contribution in [0.4, 0.5) is 17.1 Å². The summed E-state index contributed by atoms with van der Waals surface area (Å²) in [5, 5.41) is 18.8. The van der Waals surface area contributed by atoms with Gasteiger partial charge in [0.1, 0.15) is 28.9 Å². The lowest BCUT2D eigenvalue weighted by molar-refractivity contribution is -0.132. The summed E-state index contributed by atoms with van der Waals surface area (Å²) in [5.74, 6) is 2.20. The number of carboxylic acids is 1. The fourth-order valence-corrected chi connectivity index (χ4v) is 5.69. The van der Waals surface area contributed by atoms with Crippen molar-refractivity contribution in [2.45, 2.75) is 72.1 Å². The van der Waals surface area contributed by atoms with E-state index in [1.165, 1.54) is 18.9 Å². The monoisotopic (exact) mass is 674 g/mol. The van der Waals surface area contributed by atoms with Gasteiger partial charge >= 0.3 is 5.97 Å². The molecule has 0 radical (unpaired) electrons. The minimum Gasteiger partial charge on any atom is -0.494 e. The number of hydrogen-bond acceptors (Lipinski definition) is 7. The highest BCUT2D eigenvalue weighted by Crippen LogP contribution is 2.52. The van der Waals surface area contributed by atoms with Gasteiger partial charge in [0.05, 0.1) is 31.2 Å². The maximum atomic E-state index is 11.6. The van der Waals surface area contributed by atoms with Gasteiger partial charge in [-0.15, -0.1) is 0 Å². The number of nitrogens with zero attached hydrogens (tertiary/aromatic N) is 2. The van der Waals surface area contributed by atoms with Crippen LogP contribution < -0.4 is 23.8 Å². The second-order valence-corrected chi connectivity index (χ2v) is 12.3. The summed E-state index contributed by atoms with van der Waals surface area (Å²) in [4.78, 5) is 13.7. The van der Waals surface area contributed by atoms with Crippen LogP contribution in [0.2, 0.25) is 0 Å². The van der Waals surface area contributed by atoms with Crippen molar-refractivity contribution in [1.29, 1.82) is 5.26 Å². The number of nitriles is 1. The molecule has 4 aromatic rings. The minimum absolute atomic E-state index is 0.358. The number of benzene rings is 4. The quantitative estimate of drug-likeness (QED) is 0.0557. The summed E-state index contributed by atoms with van der Waals surface area (Å²) < 4.78 is 24.9. The zero-order valence-electron chi connectivity index (χ0n) is 29.2. The van der Waals surface area contributed by atoms with E-state index in [2.05, 4.69) is 31.7 Å². The maximum absolute atomic E-state index is 11.6. The third-order valence-electron chi connectivity index (χ3n) is 8.45. The highest BCUT2D eigenvalue weighted by atomic mass is 16.5. The topological polar surface area (TPSA) is 101 Å². The third-order valence-corrected chi connectivity index (χ3v) is 8.45. The summed E-state index contributed by atoms with van der Waals surface area (Å²) in [6, 6.07) is 27.2. The Hall–Kier alpha value is -5.42. The molecule has 8 nitrogen and oxygen atoms in total. The Kier molecular flexibility index (Phi) is 12.8. The first kappa shape index (κ1) is 35.9. The van der Waals surface area contributed by atoms with Gasteiger partial charge in [-0.1, -0.05) is 65.0 Å². The van der Waals surface area contributed by atoms with Crippen molar-refractivity contribution in [3.8, 4) is 45.9 Å². The molecule has 0 spiro atoms. The van der Waals surface area contributed by atoms with E-state index in [1.54, 1.807) is 18.2 Å². The van der Waals surface area contributed by atoms with Gasteiger partial charge < -0.3 is 29.0 Å². The highest BCUT2D eigenvalue weighted by molar-refractivity contribution is 5.97. The molecule has 260 valence electrons. The summed E-state index contributed by atoms with van der Waals surface area (Å²) in [7, 11) is 0. The zero-order chi connectivity index (χ0) is 35.3. The molecule has 1 N–H and O–H groups in total. The molecule has 0 amide bonds. The third kappa shape index (κ3) is 8.97. The van der Waals surface area contributed by atoms with Gasteiger partial charge in [0, 0.05) is 17.3 Å². The van der Waals surface area contributed by atoms with Crippen molar-refractivity contribution in [2.24, 2.45) is 0 Å². The summed E-state index contributed by atoms with van der Waals surface area (Å²) in [5.41, 5.74) is 4.55. The summed E-state index contributed by atoms with van der Waals surface area (Å²) in [6.45, 7) is 8.40. The normalized spacial score (nSPS) is 12.0. The minimum atomic E-state index is -1.28. The van der Waals surface area contributed by atoms with E-state index in [4.69, 9.17) is 18.9 Å². The molecule has 0 atom stereocenters. The van der Waals surface area contributed by atoms with Crippen molar-refractivity contribution in [1.82, 2.24) is 0 Å². The lowest BCUT2D eigenvalue weighted by Gasteiger charge is -2.33. The Morgan fingerprint density at radius 3 is 2.08 bits per heavy atom. The number of rotatable bonds is 18. The van der Waals surface area contributed by atoms with Crippen molar-refractivity contribution >= 4 is 29.1 Å². The van der Waals surface area contributed by atoms with Gasteiger partial charge in [0.15, 0.2) is 11.5 Å². The number of ether oxygens (including phenoxy) is 4. The first-order valence-corrected chi connectivity index (χ1v) is 17.7. The first-order valence-electron chi connectivity index (χ1n) is 17.7. The van der Waals surface area contributed by atoms with Crippen LogP contribution in [0.15, 0.2) is 84.4 Å². The number of anilines is 3. The molecule has 1 aliphatic heterocycles. The van der Waals surface area contributed by atoms with Gasteiger partial charge in [0.25, 0.3) is 0 Å². The smallest absolute Gasteiger partial charge is 0.346 e. The van der Waals surface area contributed by atoms with Crippen LogP contribution in [-0.2, 0) is 4.79 Å².